The minimum absolute atomic E-state index is 0.417. The zero-order valence-electron chi connectivity index (χ0n) is 9.87. The molecule has 0 aliphatic carbocycles. The van der Waals surface area contributed by atoms with Gasteiger partial charge in [0, 0.05) is 11.6 Å². The highest BCUT2D eigenvalue weighted by molar-refractivity contribution is 7.09. The molecule has 2 aromatic rings. The number of carboxylic acid groups (broad SMARTS) is 1. The van der Waals surface area contributed by atoms with E-state index in [1.165, 1.54) is 11.3 Å². The summed E-state index contributed by atoms with van der Waals surface area (Å²) in [6.07, 6.45) is 2.04. The molecule has 4 nitrogen and oxygen atoms in total. The van der Waals surface area contributed by atoms with Crippen molar-refractivity contribution in [2.45, 2.75) is 12.3 Å². The SMILES string of the molecule is COc1cccc(CC(C(=O)O)c2nccs2)c1. The molecule has 0 amide bonds. The molecule has 0 bridgehead atoms. The molecule has 0 radical (unpaired) electrons. The van der Waals surface area contributed by atoms with Crippen molar-refractivity contribution in [3.05, 3.63) is 46.4 Å². The Bertz CT molecular complexity index is 525. The first-order chi connectivity index (χ1) is 8.70. The van der Waals surface area contributed by atoms with Gasteiger partial charge >= 0.3 is 5.97 Å². The second kappa shape index (κ2) is 5.64. The van der Waals surface area contributed by atoms with E-state index in [4.69, 9.17) is 4.74 Å². The molecule has 0 aliphatic heterocycles. The molecule has 0 saturated heterocycles. The van der Waals surface area contributed by atoms with E-state index < -0.39 is 11.9 Å². The highest BCUT2D eigenvalue weighted by Gasteiger charge is 2.22. The van der Waals surface area contributed by atoms with Crippen LogP contribution in [0.5, 0.6) is 5.75 Å². The highest BCUT2D eigenvalue weighted by Crippen LogP contribution is 2.24. The number of carboxylic acids is 1. The Kier molecular flexibility index (Phi) is 3.94. The van der Waals surface area contributed by atoms with Gasteiger partial charge in [0.15, 0.2) is 0 Å². The van der Waals surface area contributed by atoms with Gasteiger partial charge in [0.05, 0.1) is 7.11 Å². The number of nitrogens with zero attached hydrogens (tertiary/aromatic N) is 1. The van der Waals surface area contributed by atoms with Gasteiger partial charge in [0.2, 0.25) is 0 Å². The maximum Gasteiger partial charge on any atom is 0.313 e. The molecule has 0 spiro atoms. The smallest absolute Gasteiger partial charge is 0.313 e. The molecule has 0 fully saturated rings. The molecule has 94 valence electrons. The molecule has 5 heteroatoms. The van der Waals surface area contributed by atoms with Gasteiger partial charge in [-0.05, 0) is 24.1 Å². The van der Waals surface area contributed by atoms with Crippen LogP contribution in [0.15, 0.2) is 35.8 Å². The maximum absolute atomic E-state index is 11.3. The molecule has 0 saturated carbocycles. The fourth-order valence-corrected chi connectivity index (χ4v) is 2.45. The Hall–Kier alpha value is -1.88. The topological polar surface area (TPSA) is 59.4 Å². The van der Waals surface area contributed by atoms with Crippen LogP contribution < -0.4 is 4.74 Å². The fourth-order valence-electron chi connectivity index (χ4n) is 1.72. The van der Waals surface area contributed by atoms with Crippen molar-refractivity contribution in [1.29, 1.82) is 0 Å². The lowest BCUT2D eigenvalue weighted by Gasteiger charge is -2.10. The minimum Gasteiger partial charge on any atom is -0.497 e. The number of methoxy groups -OCH3 is 1. The standard InChI is InChI=1S/C13H13NO3S/c1-17-10-4-2-3-9(7-10)8-11(13(15)16)12-14-5-6-18-12/h2-7,11H,8H2,1H3,(H,15,16). The van der Waals surface area contributed by atoms with Gasteiger partial charge < -0.3 is 9.84 Å². The summed E-state index contributed by atoms with van der Waals surface area (Å²) in [5.41, 5.74) is 0.928. The van der Waals surface area contributed by atoms with E-state index in [0.717, 1.165) is 11.3 Å². The van der Waals surface area contributed by atoms with Crippen molar-refractivity contribution in [3.63, 3.8) is 0 Å². The number of rotatable bonds is 5. The summed E-state index contributed by atoms with van der Waals surface area (Å²) in [4.78, 5) is 15.4. The Labute approximate surface area is 109 Å². The molecule has 1 atom stereocenters. The van der Waals surface area contributed by atoms with Gasteiger partial charge in [-0.3, -0.25) is 4.79 Å². The molecule has 1 unspecified atom stereocenters. The second-order valence-electron chi connectivity index (χ2n) is 3.82. The van der Waals surface area contributed by atoms with Crippen LogP contribution in [0.4, 0.5) is 0 Å². The van der Waals surface area contributed by atoms with Crippen molar-refractivity contribution in [2.24, 2.45) is 0 Å². The van der Waals surface area contributed by atoms with Crippen LogP contribution >= 0.6 is 11.3 Å². The molecule has 1 heterocycles. The number of ether oxygens (including phenoxy) is 1. The van der Waals surface area contributed by atoms with Gasteiger partial charge in [0.25, 0.3) is 0 Å². The monoisotopic (exact) mass is 263 g/mol. The first-order valence-corrected chi connectivity index (χ1v) is 6.34. The lowest BCUT2D eigenvalue weighted by Crippen LogP contribution is -2.14. The highest BCUT2D eigenvalue weighted by atomic mass is 32.1. The van der Waals surface area contributed by atoms with Gasteiger partial charge in [-0.15, -0.1) is 11.3 Å². The minimum atomic E-state index is -0.854. The third-order valence-electron chi connectivity index (χ3n) is 2.62. The first-order valence-electron chi connectivity index (χ1n) is 5.46. The number of thiazole rings is 1. The first kappa shape index (κ1) is 12.6. The van der Waals surface area contributed by atoms with Gasteiger partial charge in [-0.2, -0.15) is 0 Å². The van der Waals surface area contributed by atoms with Crippen LogP contribution in [0.25, 0.3) is 0 Å². The summed E-state index contributed by atoms with van der Waals surface area (Å²) >= 11 is 1.37. The number of carbonyl (C=O) groups is 1. The lowest BCUT2D eigenvalue weighted by molar-refractivity contribution is -0.138. The Morgan fingerprint density at radius 1 is 1.56 bits per heavy atom. The van der Waals surface area contributed by atoms with Crippen molar-refractivity contribution in [1.82, 2.24) is 4.98 Å². The van der Waals surface area contributed by atoms with Gasteiger partial charge in [0.1, 0.15) is 16.7 Å². The van der Waals surface area contributed by atoms with Crippen LogP contribution in [-0.4, -0.2) is 23.2 Å². The van der Waals surface area contributed by atoms with Gasteiger partial charge in [-0.1, -0.05) is 12.1 Å². The van der Waals surface area contributed by atoms with Crippen LogP contribution in [0.3, 0.4) is 0 Å². The number of hydrogen-bond donors (Lipinski definition) is 1. The summed E-state index contributed by atoms with van der Waals surface area (Å²) in [5, 5.41) is 11.7. The van der Waals surface area contributed by atoms with E-state index in [-0.39, 0.29) is 0 Å². The van der Waals surface area contributed by atoms with Crippen molar-refractivity contribution >= 4 is 17.3 Å². The lowest BCUT2D eigenvalue weighted by atomic mass is 10.00. The molecule has 2 rings (SSSR count). The Morgan fingerprint density at radius 2 is 2.39 bits per heavy atom. The zero-order valence-corrected chi connectivity index (χ0v) is 10.7. The van der Waals surface area contributed by atoms with E-state index in [1.807, 2.05) is 24.3 Å². The predicted molar refractivity (Wildman–Crippen MR) is 69.2 cm³/mol. The molecule has 1 aromatic carbocycles. The van der Waals surface area contributed by atoms with Crippen molar-refractivity contribution in [3.8, 4) is 5.75 Å². The van der Waals surface area contributed by atoms with E-state index in [0.29, 0.717) is 11.4 Å². The largest absolute Gasteiger partial charge is 0.497 e. The van der Waals surface area contributed by atoms with Crippen LogP contribution in [0.1, 0.15) is 16.5 Å². The third kappa shape index (κ3) is 2.87. The Morgan fingerprint density at radius 3 is 3.00 bits per heavy atom. The molecular formula is C13H13NO3S. The summed E-state index contributed by atoms with van der Waals surface area (Å²) in [6.45, 7) is 0. The molecular weight excluding hydrogens is 250 g/mol. The van der Waals surface area contributed by atoms with Gasteiger partial charge in [-0.25, -0.2) is 4.98 Å². The van der Waals surface area contributed by atoms with E-state index >= 15 is 0 Å². The van der Waals surface area contributed by atoms with E-state index in [2.05, 4.69) is 4.98 Å². The fraction of sp³-hybridized carbons (Fsp3) is 0.231. The van der Waals surface area contributed by atoms with Crippen molar-refractivity contribution in [2.75, 3.05) is 7.11 Å². The number of hydrogen-bond acceptors (Lipinski definition) is 4. The average Bonchev–Trinajstić information content (AvgIpc) is 2.89. The normalized spacial score (nSPS) is 12.1. The second-order valence-corrected chi connectivity index (χ2v) is 4.74. The van der Waals surface area contributed by atoms with Crippen LogP contribution in [0, 0.1) is 0 Å². The summed E-state index contributed by atoms with van der Waals surface area (Å²) in [6, 6.07) is 7.44. The molecule has 1 N–H and O–H groups in total. The molecule has 0 aliphatic rings. The quantitative estimate of drug-likeness (QED) is 0.900. The van der Waals surface area contributed by atoms with Crippen LogP contribution in [0.2, 0.25) is 0 Å². The summed E-state index contributed by atoms with van der Waals surface area (Å²) in [5.74, 6) is -0.722. The number of aliphatic carboxylic acids is 1. The number of benzene rings is 1. The molecule has 1 aromatic heterocycles. The predicted octanol–water partition coefficient (Wildman–Crippen LogP) is 2.56. The van der Waals surface area contributed by atoms with Crippen LogP contribution in [-0.2, 0) is 11.2 Å². The number of aromatic nitrogens is 1. The average molecular weight is 263 g/mol. The third-order valence-corrected chi connectivity index (χ3v) is 3.51. The Balaban J connectivity index is 2.21. The summed E-state index contributed by atoms with van der Waals surface area (Å²) in [7, 11) is 1.59. The molecule has 18 heavy (non-hydrogen) atoms. The van der Waals surface area contributed by atoms with E-state index in [9.17, 15) is 9.90 Å². The van der Waals surface area contributed by atoms with Crippen molar-refractivity contribution < 1.29 is 14.6 Å². The van der Waals surface area contributed by atoms with E-state index in [1.54, 1.807) is 18.7 Å². The summed E-state index contributed by atoms with van der Waals surface area (Å²) < 4.78 is 5.13. The maximum atomic E-state index is 11.3. The zero-order chi connectivity index (χ0) is 13.0.